The van der Waals surface area contributed by atoms with E-state index >= 15 is 0 Å². The number of nitrogens with zero attached hydrogens (tertiary/aromatic N) is 2. The molecule has 0 aromatic rings. The van der Waals surface area contributed by atoms with Crippen molar-refractivity contribution in [1.29, 1.82) is 0 Å². The first-order chi connectivity index (χ1) is 12.0. The van der Waals surface area contributed by atoms with E-state index in [0.29, 0.717) is 19.2 Å². The number of hydrogen-bond donors (Lipinski definition) is 2. The predicted molar refractivity (Wildman–Crippen MR) is 117 cm³/mol. The van der Waals surface area contributed by atoms with Crippen LogP contribution in [0, 0.1) is 0 Å². The lowest BCUT2D eigenvalue weighted by molar-refractivity contribution is 0.157. The number of hydrogen-bond acceptors (Lipinski definition) is 5. The van der Waals surface area contributed by atoms with Crippen LogP contribution in [0.2, 0.25) is 0 Å². The minimum absolute atomic E-state index is 0. The van der Waals surface area contributed by atoms with Crippen molar-refractivity contribution in [1.82, 2.24) is 15.5 Å². The van der Waals surface area contributed by atoms with Gasteiger partial charge in [0.15, 0.2) is 5.96 Å². The Bertz CT molecular complexity index is 524. The molecule has 0 aromatic heterocycles. The maximum atomic E-state index is 11.0. The van der Waals surface area contributed by atoms with Gasteiger partial charge in [-0.2, -0.15) is 0 Å². The number of likely N-dealkylation sites (tertiary alicyclic amines) is 1. The summed E-state index contributed by atoms with van der Waals surface area (Å²) in [5.41, 5.74) is 0. The monoisotopic (exact) mass is 502 g/mol. The summed E-state index contributed by atoms with van der Waals surface area (Å²) in [5.74, 6) is 0.890. The zero-order valence-electron chi connectivity index (χ0n) is 16.1. The molecule has 7 nitrogen and oxygen atoms in total. The van der Waals surface area contributed by atoms with Crippen molar-refractivity contribution in [3.8, 4) is 0 Å². The molecule has 9 heteroatoms. The van der Waals surface area contributed by atoms with Gasteiger partial charge in [-0.25, -0.2) is 8.42 Å². The van der Waals surface area contributed by atoms with E-state index in [1.54, 1.807) is 0 Å². The van der Waals surface area contributed by atoms with E-state index in [1.165, 1.54) is 38.5 Å². The lowest BCUT2D eigenvalue weighted by Crippen LogP contribution is -2.45. The second-order valence-electron chi connectivity index (χ2n) is 7.07. The summed E-state index contributed by atoms with van der Waals surface area (Å²) in [6.07, 6.45) is 7.84. The van der Waals surface area contributed by atoms with Crippen molar-refractivity contribution in [3.63, 3.8) is 0 Å². The van der Waals surface area contributed by atoms with Crippen LogP contribution in [0.25, 0.3) is 0 Å². The van der Waals surface area contributed by atoms with Gasteiger partial charge in [0, 0.05) is 38.0 Å². The van der Waals surface area contributed by atoms with Crippen LogP contribution in [0.15, 0.2) is 4.99 Å². The van der Waals surface area contributed by atoms with E-state index < -0.39 is 9.84 Å². The summed E-state index contributed by atoms with van der Waals surface area (Å²) in [6, 6.07) is 1.24. The molecule has 0 radical (unpaired) electrons. The molecule has 1 aliphatic carbocycles. The standard InChI is InChI=1S/C17H34N4O3S.HI/c1-3-18-17(19-9-11-24-12-13-25(2,22)23)20-15-8-10-21(14-15)16-6-4-5-7-16;/h15-16H,3-14H2,1-2H3,(H2,18,19,20);1H. The lowest BCUT2D eigenvalue weighted by atomic mass is 10.2. The van der Waals surface area contributed by atoms with E-state index in [9.17, 15) is 8.42 Å². The van der Waals surface area contributed by atoms with Crippen LogP contribution in [-0.2, 0) is 14.6 Å². The number of halogens is 1. The fourth-order valence-electron chi connectivity index (χ4n) is 3.55. The maximum absolute atomic E-state index is 11.0. The summed E-state index contributed by atoms with van der Waals surface area (Å²) < 4.78 is 27.4. The normalized spacial score (nSPS) is 22.4. The molecular formula is C17H35IN4O3S. The second-order valence-corrected chi connectivity index (χ2v) is 9.33. The highest BCUT2D eigenvalue weighted by Crippen LogP contribution is 2.26. The average Bonchev–Trinajstić information content (AvgIpc) is 3.20. The van der Waals surface area contributed by atoms with Crippen LogP contribution in [0.1, 0.15) is 39.0 Å². The average molecular weight is 502 g/mol. The Morgan fingerprint density at radius 1 is 1.23 bits per heavy atom. The van der Waals surface area contributed by atoms with Gasteiger partial charge in [0.25, 0.3) is 0 Å². The number of guanidine groups is 1. The van der Waals surface area contributed by atoms with Crippen LogP contribution in [0.3, 0.4) is 0 Å². The van der Waals surface area contributed by atoms with Gasteiger partial charge < -0.3 is 15.4 Å². The molecule has 1 saturated carbocycles. The molecule has 2 N–H and O–H groups in total. The van der Waals surface area contributed by atoms with Crippen molar-refractivity contribution < 1.29 is 13.2 Å². The third-order valence-electron chi connectivity index (χ3n) is 4.85. The molecule has 1 heterocycles. The highest BCUT2D eigenvalue weighted by Gasteiger charge is 2.30. The molecule has 2 fully saturated rings. The highest BCUT2D eigenvalue weighted by molar-refractivity contribution is 14.0. The number of sulfone groups is 1. The van der Waals surface area contributed by atoms with Crippen LogP contribution in [0.5, 0.6) is 0 Å². The van der Waals surface area contributed by atoms with Crippen molar-refractivity contribution in [2.75, 3.05) is 51.4 Å². The van der Waals surface area contributed by atoms with Gasteiger partial charge in [-0.3, -0.25) is 9.89 Å². The topological polar surface area (TPSA) is 83.0 Å². The van der Waals surface area contributed by atoms with Gasteiger partial charge in [-0.05, 0) is 26.2 Å². The Morgan fingerprint density at radius 2 is 1.96 bits per heavy atom. The number of rotatable bonds is 9. The lowest BCUT2D eigenvalue weighted by Gasteiger charge is -2.24. The smallest absolute Gasteiger partial charge is 0.191 e. The van der Waals surface area contributed by atoms with E-state index in [0.717, 1.165) is 31.5 Å². The van der Waals surface area contributed by atoms with Gasteiger partial charge in [-0.15, -0.1) is 24.0 Å². The molecule has 1 unspecified atom stereocenters. The number of aliphatic imine (C=N–C) groups is 1. The Hall–Kier alpha value is -0.130. The second kappa shape index (κ2) is 12.4. The minimum Gasteiger partial charge on any atom is -0.378 e. The Kier molecular flexibility index (Phi) is 11.4. The van der Waals surface area contributed by atoms with Gasteiger partial charge in [0.1, 0.15) is 9.84 Å². The first kappa shape index (κ1) is 23.9. The molecule has 1 atom stereocenters. The van der Waals surface area contributed by atoms with Gasteiger partial charge in [0.2, 0.25) is 0 Å². The van der Waals surface area contributed by atoms with Crippen LogP contribution >= 0.6 is 24.0 Å². The van der Waals surface area contributed by atoms with Crippen LogP contribution < -0.4 is 10.6 Å². The number of nitrogens with one attached hydrogen (secondary N) is 2. The van der Waals surface area contributed by atoms with Gasteiger partial charge in [0.05, 0.1) is 25.5 Å². The minimum atomic E-state index is -2.95. The molecule has 2 rings (SSSR count). The van der Waals surface area contributed by atoms with Crippen LogP contribution in [-0.4, -0.2) is 82.8 Å². The maximum Gasteiger partial charge on any atom is 0.191 e. The molecule has 1 saturated heterocycles. The first-order valence-corrected chi connectivity index (χ1v) is 11.6. The highest BCUT2D eigenvalue weighted by atomic mass is 127. The molecule has 1 aliphatic heterocycles. The summed E-state index contributed by atoms with van der Waals surface area (Å²) in [5, 5.41) is 6.81. The Balaban J connectivity index is 0.00000338. The van der Waals surface area contributed by atoms with Gasteiger partial charge in [-0.1, -0.05) is 12.8 Å². The molecule has 0 spiro atoms. The van der Waals surface area contributed by atoms with E-state index in [4.69, 9.17) is 4.74 Å². The molecule has 0 aromatic carbocycles. The molecule has 26 heavy (non-hydrogen) atoms. The van der Waals surface area contributed by atoms with E-state index in [-0.39, 0.29) is 36.3 Å². The largest absolute Gasteiger partial charge is 0.378 e. The fraction of sp³-hybridized carbons (Fsp3) is 0.941. The zero-order chi connectivity index (χ0) is 18.1. The summed E-state index contributed by atoms with van der Waals surface area (Å²) >= 11 is 0. The Morgan fingerprint density at radius 3 is 2.62 bits per heavy atom. The third-order valence-corrected chi connectivity index (χ3v) is 5.76. The van der Waals surface area contributed by atoms with E-state index in [2.05, 4.69) is 27.4 Å². The first-order valence-electron chi connectivity index (χ1n) is 9.52. The van der Waals surface area contributed by atoms with Crippen LogP contribution in [0.4, 0.5) is 0 Å². The van der Waals surface area contributed by atoms with E-state index in [1.807, 2.05) is 0 Å². The van der Waals surface area contributed by atoms with Crippen molar-refractivity contribution in [2.24, 2.45) is 4.99 Å². The predicted octanol–water partition coefficient (Wildman–Crippen LogP) is 1.24. The molecule has 0 bridgehead atoms. The third kappa shape index (κ3) is 9.18. The fourth-order valence-corrected chi connectivity index (χ4v) is 3.97. The SMILES string of the molecule is CCNC(=NCCOCCS(C)(=O)=O)NC1CCN(C2CCCC2)C1.I. The summed E-state index contributed by atoms with van der Waals surface area (Å²) in [7, 11) is -2.95. The molecule has 0 amide bonds. The quantitative estimate of drug-likeness (QED) is 0.214. The van der Waals surface area contributed by atoms with Gasteiger partial charge >= 0.3 is 0 Å². The Labute approximate surface area is 175 Å². The van der Waals surface area contributed by atoms with Crippen molar-refractivity contribution in [3.05, 3.63) is 0 Å². The zero-order valence-corrected chi connectivity index (χ0v) is 19.2. The molecule has 154 valence electrons. The summed E-state index contributed by atoms with van der Waals surface area (Å²) in [6.45, 7) is 6.34. The molecule has 2 aliphatic rings. The van der Waals surface area contributed by atoms with Crippen molar-refractivity contribution >= 4 is 39.8 Å². The number of ether oxygens (including phenoxy) is 1. The van der Waals surface area contributed by atoms with Crippen molar-refractivity contribution in [2.45, 2.75) is 51.1 Å². The molecular weight excluding hydrogens is 467 g/mol. The summed E-state index contributed by atoms with van der Waals surface area (Å²) in [4.78, 5) is 7.16.